The Morgan fingerprint density at radius 3 is 2.77 bits per heavy atom. The van der Waals surface area contributed by atoms with Crippen LogP contribution in [0, 0.1) is 0 Å². The van der Waals surface area contributed by atoms with E-state index in [1.165, 1.54) is 11.3 Å². The summed E-state index contributed by atoms with van der Waals surface area (Å²) < 4.78 is 0. The maximum absolute atomic E-state index is 11.2. The van der Waals surface area contributed by atoms with E-state index in [9.17, 15) is 4.79 Å². The van der Waals surface area contributed by atoms with Crippen molar-refractivity contribution in [1.29, 1.82) is 0 Å². The van der Waals surface area contributed by atoms with Crippen LogP contribution in [0.15, 0.2) is 40.0 Å². The van der Waals surface area contributed by atoms with Gasteiger partial charge >= 0.3 is 29.6 Å². The molecule has 2 heterocycles. The van der Waals surface area contributed by atoms with Crippen molar-refractivity contribution in [3.05, 3.63) is 45.4 Å². The maximum Gasteiger partial charge on any atom is 1.00 e. The van der Waals surface area contributed by atoms with E-state index in [4.69, 9.17) is 0 Å². The van der Waals surface area contributed by atoms with Gasteiger partial charge in [-0.05, 0) is 12.1 Å². The molecule has 2 rings (SSSR count). The summed E-state index contributed by atoms with van der Waals surface area (Å²) in [6.07, 6.45) is 1.69. The second kappa shape index (κ2) is 4.77. The fraction of sp³-hybridized carbons (Fsp3) is 0. The van der Waals surface area contributed by atoms with Crippen LogP contribution >= 0.6 is 11.3 Å². The molecule has 2 nitrogen and oxygen atoms in total. The van der Waals surface area contributed by atoms with Crippen molar-refractivity contribution < 1.29 is 29.6 Å². The van der Waals surface area contributed by atoms with Gasteiger partial charge in [0.15, 0.2) is 0 Å². The monoisotopic (exact) mass is 199 g/mol. The van der Waals surface area contributed by atoms with Crippen LogP contribution in [0.3, 0.4) is 0 Å². The fourth-order valence-corrected chi connectivity index (χ4v) is 1.69. The molecular weight excluding hydrogens is 193 g/mol. The van der Waals surface area contributed by atoms with E-state index in [2.05, 4.69) is 4.98 Å². The summed E-state index contributed by atoms with van der Waals surface area (Å²) in [5.74, 6) is 0. The molecule has 4 heteroatoms. The Kier molecular flexibility index (Phi) is 3.93. The summed E-state index contributed by atoms with van der Waals surface area (Å²) in [6, 6.07) is 5.54. The van der Waals surface area contributed by atoms with E-state index in [1.807, 2.05) is 23.6 Å². The minimum atomic E-state index is 0. The van der Waals surface area contributed by atoms with Crippen molar-refractivity contribution in [3.63, 3.8) is 0 Å². The van der Waals surface area contributed by atoms with E-state index < -0.39 is 0 Å². The molecule has 13 heavy (non-hydrogen) atoms. The molecule has 0 saturated carbocycles. The van der Waals surface area contributed by atoms with E-state index >= 15 is 0 Å². The normalized spacial score (nSPS) is 9.23. The molecule has 0 N–H and O–H groups in total. The Hall–Kier alpha value is -0.350. The van der Waals surface area contributed by atoms with Gasteiger partial charge in [0.2, 0.25) is 0 Å². The van der Waals surface area contributed by atoms with Gasteiger partial charge in [-0.15, -0.1) is 5.38 Å². The molecule has 0 amide bonds. The van der Waals surface area contributed by atoms with Gasteiger partial charge in [-0.2, -0.15) is 0 Å². The smallest absolute Gasteiger partial charge is 0.318 e. The first-order valence-electron chi connectivity index (χ1n) is 3.52. The van der Waals surface area contributed by atoms with Crippen LogP contribution in [0.5, 0.6) is 0 Å². The van der Waals surface area contributed by atoms with Crippen LogP contribution in [0.25, 0.3) is 11.3 Å². The molecule has 0 unspecified atom stereocenters. The zero-order valence-corrected chi connectivity index (χ0v) is 10.0. The maximum atomic E-state index is 11.2. The predicted molar refractivity (Wildman–Crippen MR) is 49.4 cm³/mol. The van der Waals surface area contributed by atoms with E-state index in [0.717, 1.165) is 5.69 Å². The van der Waals surface area contributed by atoms with Gasteiger partial charge in [-0.25, -0.2) is 0 Å². The Morgan fingerprint density at radius 1 is 1.38 bits per heavy atom. The zero-order chi connectivity index (χ0) is 8.39. The number of hydrogen-bond donors (Lipinski definition) is 0. The molecule has 2 aromatic heterocycles. The molecule has 0 radical (unpaired) electrons. The van der Waals surface area contributed by atoms with E-state index in [0.29, 0.717) is 5.56 Å². The van der Waals surface area contributed by atoms with Gasteiger partial charge in [0.1, 0.15) is 0 Å². The molecule has 0 aliphatic rings. The third-order valence-corrected chi connectivity index (χ3v) is 2.29. The molecule has 0 aliphatic heterocycles. The topological polar surface area (TPSA) is 30.0 Å². The Balaban J connectivity index is 0.000000845. The van der Waals surface area contributed by atoms with Gasteiger partial charge in [0, 0.05) is 11.9 Å². The summed E-state index contributed by atoms with van der Waals surface area (Å²) in [5, 5.41) is 3.41. The number of nitrogens with zero attached hydrogens (tertiary/aromatic N) is 1. The van der Waals surface area contributed by atoms with Crippen LogP contribution in [0.1, 0.15) is 0 Å². The molecule has 2 aromatic rings. The first kappa shape index (κ1) is 10.7. The van der Waals surface area contributed by atoms with E-state index in [1.54, 1.807) is 11.6 Å². The predicted octanol–water partition coefficient (Wildman–Crippen LogP) is -1.11. The number of hydrogen-bond acceptors (Lipinski definition) is 3. The quantitative estimate of drug-likeness (QED) is 0.431. The standard InChI is InChI=1S/C9H6NOS.Na/c11-9-6-12-5-7(9)8-3-1-2-4-10-8;/h1-6H;/q-1;+1. The van der Waals surface area contributed by atoms with Gasteiger partial charge in [-0.1, -0.05) is 17.0 Å². The molecule has 0 spiro atoms. The second-order valence-electron chi connectivity index (χ2n) is 2.36. The summed E-state index contributed by atoms with van der Waals surface area (Å²) in [7, 11) is 0. The molecule has 0 atom stereocenters. The summed E-state index contributed by atoms with van der Waals surface area (Å²) in [5.41, 5.74) is 1.50. The van der Waals surface area contributed by atoms with Crippen molar-refractivity contribution in [1.82, 2.24) is 4.98 Å². The fourth-order valence-electron chi connectivity index (χ4n) is 0.994. The third kappa shape index (κ3) is 2.31. The molecular formula is C9H6NNaOS. The van der Waals surface area contributed by atoms with Crippen LogP contribution < -0.4 is 35.0 Å². The minimum Gasteiger partial charge on any atom is -0.318 e. The summed E-state index contributed by atoms with van der Waals surface area (Å²) in [6.45, 7) is 0. The number of aromatic nitrogens is 1. The van der Waals surface area contributed by atoms with Crippen molar-refractivity contribution >= 4 is 11.3 Å². The number of thiophene rings is 1. The van der Waals surface area contributed by atoms with Gasteiger partial charge in [0.05, 0.1) is 5.43 Å². The van der Waals surface area contributed by atoms with Crippen molar-refractivity contribution in [2.24, 2.45) is 0 Å². The first-order valence-corrected chi connectivity index (χ1v) is 4.47. The van der Waals surface area contributed by atoms with E-state index in [-0.39, 0.29) is 35.0 Å². The molecule has 0 bridgehead atoms. The van der Waals surface area contributed by atoms with Crippen LogP contribution in [-0.4, -0.2) is 4.98 Å². The van der Waals surface area contributed by atoms with Crippen molar-refractivity contribution in [3.8, 4) is 11.3 Å². The molecule has 0 saturated heterocycles. The van der Waals surface area contributed by atoms with Crippen LogP contribution in [-0.2, 0) is 0 Å². The molecule has 0 aliphatic carbocycles. The average Bonchev–Trinajstić information content (AvgIpc) is 2.53. The summed E-state index contributed by atoms with van der Waals surface area (Å²) in [4.78, 5) is 15.3. The van der Waals surface area contributed by atoms with Gasteiger partial charge < -0.3 is 4.79 Å². The number of pyridine rings is 1. The van der Waals surface area contributed by atoms with Crippen molar-refractivity contribution in [2.75, 3.05) is 0 Å². The third-order valence-electron chi connectivity index (χ3n) is 1.57. The van der Waals surface area contributed by atoms with Gasteiger partial charge in [-0.3, -0.25) is 16.3 Å². The zero-order valence-electron chi connectivity index (χ0n) is 7.23. The van der Waals surface area contributed by atoms with Crippen LogP contribution in [0.2, 0.25) is 0 Å². The summed E-state index contributed by atoms with van der Waals surface area (Å²) >= 11 is 1.41. The Morgan fingerprint density at radius 2 is 2.23 bits per heavy atom. The molecule has 0 fully saturated rings. The Bertz CT molecular complexity index is 420. The van der Waals surface area contributed by atoms with Crippen LogP contribution in [0.4, 0.5) is 0 Å². The Labute approximate surface area is 102 Å². The molecule has 60 valence electrons. The number of rotatable bonds is 1. The van der Waals surface area contributed by atoms with Crippen molar-refractivity contribution in [2.45, 2.75) is 0 Å². The molecule has 0 aromatic carbocycles. The average molecular weight is 199 g/mol. The second-order valence-corrected chi connectivity index (χ2v) is 3.11. The SMILES string of the molecule is O=c1[cH-]scc1-c1ccccn1.[Na+]. The largest absolute Gasteiger partial charge is 1.00 e. The minimum absolute atomic E-state index is 0. The van der Waals surface area contributed by atoms with Gasteiger partial charge in [0.25, 0.3) is 0 Å². The first-order chi connectivity index (χ1) is 5.88.